The van der Waals surface area contributed by atoms with Crippen LogP contribution in [0.1, 0.15) is 16.8 Å². The van der Waals surface area contributed by atoms with E-state index in [1.807, 2.05) is 0 Å². The van der Waals surface area contributed by atoms with E-state index in [9.17, 15) is 18.0 Å². The van der Waals surface area contributed by atoms with Crippen LogP contribution in [0.5, 0.6) is 0 Å². The van der Waals surface area contributed by atoms with Crippen LogP contribution >= 0.6 is 0 Å². The minimum absolute atomic E-state index is 0.0398. The quantitative estimate of drug-likeness (QED) is 0.461. The van der Waals surface area contributed by atoms with Gasteiger partial charge in [0.05, 0.1) is 12.2 Å². The van der Waals surface area contributed by atoms with E-state index in [0.29, 0.717) is 5.56 Å². The maximum Gasteiger partial charge on any atom is 0.409 e. The summed E-state index contributed by atoms with van der Waals surface area (Å²) in [5.74, 6) is -0.536. The van der Waals surface area contributed by atoms with Crippen LogP contribution in [0.25, 0.3) is 0 Å². The maximum atomic E-state index is 11.7. The van der Waals surface area contributed by atoms with Crippen molar-refractivity contribution in [3.63, 3.8) is 0 Å². The number of carbonyl (C=O) groups excluding carboxylic acids is 1. The third kappa shape index (κ3) is 5.75. The fraction of sp³-hybridized carbons (Fsp3) is 0.250. The van der Waals surface area contributed by atoms with E-state index in [1.54, 1.807) is 30.3 Å². The molecule has 1 aromatic rings. The van der Waals surface area contributed by atoms with Crippen molar-refractivity contribution < 1.29 is 22.7 Å². The number of allylic oxidation sites excluding steroid dienone is 1. The Morgan fingerprint density at radius 3 is 2.47 bits per heavy atom. The molecule has 92 valence electrons. The van der Waals surface area contributed by atoms with E-state index in [0.717, 1.165) is 6.08 Å². The van der Waals surface area contributed by atoms with E-state index >= 15 is 0 Å². The van der Waals surface area contributed by atoms with Crippen LogP contribution in [-0.2, 0) is 4.74 Å². The van der Waals surface area contributed by atoms with Gasteiger partial charge in [0, 0.05) is 6.08 Å². The lowest BCUT2D eigenvalue weighted by molar-refractivity contribution is -0.0800. The molecule has 0 saturated heterocycles. The molecular weight excluding hydrogens is 233 g/mol. The number of halogens is 3. The summed E-state index contributed by atoms with van der Waals surface area (Å²) in [6.07, 6.45) is -3.22. The van der Waals surface area contributed by atoms with E-state index < -0.39 is 12.1 Å². The standard InChI is InChI=1S/C12H11F3O2/c13-12(14,15)8-4-5-9-17-11(16)10-6-2-1-3-7-10/h1-4,6-8H,5,9H2. The number of alkyl halides is 3. The summed E-state index contributed by atoms with van der Waals surface area (Å²) < 4.78 is 39.9. The van der Waals surface area contributed by atoms with E-state index in [2.05, 4.69) is 0 Å². The van der Waals surface area contributed by atoms with E-state index in [4.69, 9.17) is 4.74 Å². The van der Waals surface area contributed by atoms with Crippen molar-refractivity contribution in [3.05, 3.63) is 48.0 Å². The predicted octanol–water partition coefficient (Wildman–Crippen LogP) is 3.35. The van der Waals surface area contributed by atoms with Gasteiger partial charge >= 0.3 is 12.1 Å². The highest BCUT2D eigenvalue weighted by Gasteiger charge is 2.21. The van der Waals surface area contributed by atoms with Crippen LogP contribution in [0.3, 0.4) is 0 Å². The number of ether oxygens (including phenoxy) is 1. The Bertz CT molecular complexity index is 382. The minimum Gasteiger partial charge on any atom is -0.462 e. The molecule has 0 fully saturated rings. The van der Waals surface area contributed by atoms with Crippen molar-refractivity contribution in [2.45, 2.75) is 12.6 Å². The Morgan fingerprint density at radius 1 is 1.24 bits per heavy atom. The molecule has 5 heteroatoms. The first-order chi connectivity index (χ1) is 7.99. The SMILES string of the molecule is O=C(OCCC=CC(F)(F)F)c1ccccc1. The lowest BCUT2D eigenvalue weighted by Gasteiger charge is -2.02. The highest BCUT2D eigenvalue weighted by molar-refractivity contribution is 5.89. The molecule has 0 amide bonds. The fourth-order valence-electron chi connectivity index (χ4n) is 1.09. The molecule has 0 aliphatic heterocycles. The van der Waals surface area contributed by atoms with Crippen LogP contribution in [0.2, 0.25) is 0 Å². The average Bonchev–Trinajstić information content (AvgIpc) is 2.28. The largest absolute Gasteiger partial charge is 0.462 e. The second-order valence-corrected chi connectivity index (χ2v) is 3.23. The summed E-state index contributed by atoms with van der Waals surface area (Å²) in [7, 11) is 0. The first kappa shape index (κ1) is 13.3. The molecule has 0 aliphatic carbocycles. The van der Waals surface area contributed by atoms with Gasteiger partial charge in [-0.25, -0.2) is 4.79 Å². The Labute approximate surface area is 96.7 Å². The molecule has 0 bridgehead atoms. The first-order valence-electron chi connectivity index (χ1n) is 4.95. The molecule has 1 rings (SSSR count). The Balaban J connectivity index is 2.29. The normalized spacial score (nSPS) is 11.7. The van der Waals surface area contributed by atoms with Gasteiger partial charge in [-0.1, -0.05) is 24.3 Å². The third-order valence-corrected chi connectivity index (χ3v) is 1.83. The Kier molecular flexibility index (Phi) is 4.75. The Morgan fingerprint density at radius 2 is 1.88 bits per heavy atom. The van der Waals surface area contributed by atoms with Crippen LogP contribution in [0.15, 0.2) is 42.5 Å². The van der Waals surface area contributed by atoms with Crippen LogP contribution in [0.4, 0.5) is 13.2 Å². The summed E-state index contributed by atoms with van der Waals surface area (Å²) in [4.78, 5) is 11.3. The molecule has 0 N–H and O–H groups in total. The van der Waals surface area contributed by atoms with Gasteiger partial charge in [-0.15, -0.1) is 0 Å². The second-order valence-electron chi connectivity index (χ2n) is 3.23. The van der Waals surface area contributed by atoms with Gasteiger partial charge in [0.25, 0.3) is 0 Å². The highest BCUT2D eigenvalue weighted by atomic mass is 19.4. The number of carbonyl (C=O) groups is 1. The maximum absolute atomic E-state index is 11.7. The van der Waals surface area contributed by atoms with E-state index in [-0.39, 0.29) is 19.1 Å². The molecule has 1 aromatic carbocycles. The zero-order valence-corrected chi connectivity index (χ0v) is 8.91. The van der Waals surface area contributed by atoms with Crippen molar-refractivity contribution in [3.8, 4) is 0 Å². The van der Waals surface area contributed by atoms with Crippen LogP contribution in [0, 0.1) is 0 Å². The second kappa shape index (κ2) is 6.08. The Hall–Kier alpha value is -1.78. The fourth-order valence-corrected chi connectivity index (χ4v) is 1.09. The average molecular weight is 244 g/mol. The van der Waals surface area contributed by atoms with Gasteiger partial charge in [-0.05, 0) is 18.6 Å². The van der Waals surface area contributed by atoms with Gasteiger partial charge in [-0.3, -0.25) is 0 Å². The molecule has 0 unspecified atom stereocenters. The van der Waals surface area contributed by atoms with Crippen molar-refractivity contribution in [2.75, 3.05) is 6.61 Å². The van der Waals surface area contributed by atoms with Crippen molar-refractivity contribution in [2.24, 2.45) is 0 Å². The molecular formula is C12H11F3O2. The molecule has 0 spiro atoms. The molecule has 0 heterocycles. The molecule has 0 radical (unpaired) electrons. The number of benzene rings is 1. The molecule has 0 atom stereocenters. The zero-order valence-electron chi connectivity index (χ0n) is 8.91. The summed E-state index contributed by atoms with van der Waals surface area (Å²) in [5, 5.41) is 0. The topological polar surface area (TPSA) is 26.3 Å². The number of hydrogen-bond acceptors (Lipinski definition) is 2. The van der Waals surface area contributed by atoms with Gasteiger partial charge < -0.3 is 4.74 Å². The lowest BCUT2D eigenvalue weighted by atomic mass is 10.2. The van der Waals surface area contributed by atoms with E-state index in [1.165, 1.54) is 0 Å². The van der Waals surface area contributed by atoms with Gasteiger partial charge in [-0.2, -0.15) is 13.2 Å². The number of rotatable bonds is 4. The van der Waals surface area contributed by atoms with Crippen molar-refractivity contribution >= 4 is 5.97 Å². The molecule has 17 heavy (non-hydrogen) atoms. The van der Waals surface area contributed by atoms with Gasteiger partial charge in [0.15, 0.2) is 0 Å². The highest BCUT2D eigenvalue weighted by Crippen LogP contribution is 2.16. The monoisotopic (exact) mass is 244 g/mol. The summed E-state index contributed by atoms with van der Waals surface area (Å²) in [6.45, 7) is -0.0691. The minimum atomic E-state index is -4.32. The third-order valence-electron chi connectivity index (χ3n) is 1.83. The van der Waals surface area contributed by atoms with Crippen molar-refractivity contribution in [1.29, 1.82) is 0 Å². The smallest absolute Gasteiger partial charge is 0.409 e. The lowest BCUT2D eigenvalue weighted by Crippen LogP contribution is -2.06. The van der Waals surface area contributed by atoms with Gasteiger partial charge in [0.1, 0.15) is 0 Å². The van der Waals surface area contributed by atoms with Crippen LogP contribution in [-0.4, -0.2) is 18.8 Å². The molecule has 0 aliphatic rings. The summed E-state index contributed by atoms with van der Waals surface area (Å²) in [5.41, 5.74) is 0.382. The summed E-state index contributed by atoms with van der Waals surface area (Å²) in [6, 6.07) is 8.27. The first-order valence-corrected chi connectivity index (χ1v) is 4.95. The molecule has 2 nitrogen and oxygen atoms in total. The van der Waals surface area contributed by atoms with Crippen molar-refractivity contribution in [1.82, 2.24) is 0 Å². The molecule has 0 aromatic heterocycles. The van der Waals surface area contributed by atoms with Crippen LogP contribution < -0.4 is 0 Å². The molecule has 0 saturated carbocycles. The zero-order chi connectivity index (χ0) is 12.7. The number of esters is 1. The summed E-state index contributed by atoms with van der Waals surface area (Å²) >= 11 is 0. The number of hydrogen-bond donors (Lipinski definition) is 0. The van der Waals surface area contributed by atoms with Gasteiger partial charge in [0.2, 0.25) is 0 Å². The predicted molar refractivity (Wildman–Crippen MR) is 56.5 cm³/mol.